The van der Waals surface area contributed by atoms with E-state index in [0.717, 1.165) is 33.0 Å². The van der Waals surface area contributed by atoms with Gasteiger partial charge >= 0.3 is 0 Å². The van der Waals surface area contributed by atoms with E-state index < -0.39 is 7.49 Å². The first kappa shape index (κ1) is 23.1. The topological polar surface area (TPSA) is 23.5 Å². The van der Waals surface area contributed by atoms with Crippen molar-refractivity contribution in [3.8, 4) is 0 Å². The zero-order valence-corrected chi connectivity index (χ0v) is 20.9. The molecule has 2 nitrogen and oxygen atoms in total. The molecule has 1 N–H and O–H groups in total. The van der Waals surface area contributed by atoms with Crippen molar-refractivity contribution in [2.75, 3.05) is 4.90 Å². The molecule has 0 saturated heterocycles. The molecule has 172 valence electrons. The van der Waals surface area contributed by atoms with Gasteiger partial charge in [0.05, 0.1) is 5.69 Å². The summed E-state index contributed by atoms with van der Waals surface area (Å²) in [7, 11) is -2.82. The lowest BCUT2D eigenvalue weighted by molar-refractivity contribution is 0.633. The summed E-state index contributed by atoms with van der Waals surface area (Å²) >= 11 is 0. The summed E-state index contributed by atoms with van der Waals surface area (Å²) in [6.45, 7) is 4.20. The highest BCUT2D eigenvalue weighted by Crippen LogP contribution is 2.51. The van der Waals surface area contributed by atoms with E-state index in [4.69, 9.17) is 0 Å². The largest absolute Gasteiger partial charge is 0.310 e. The lowest BCUT2D eigenvalue weighted by Crippen LogP contribution is -2.31. The monoisotopic (exact) mass is 474 g/mol. The summed E-state index contributed by atoms with van der Waals surface area (Å²) in [5, 5.41) is 2.82. The minimum absolute atomic E-state index is 0.927. The molecule has 35 heavy (non-hydrogen) atoms. The van der Waals surface area contributed by atoms with Crippen LogP contribution in [-0.4, -0.2) is 4.89 Å². The van der Waals surface area contributed by atoms with E-state index in [1.807, 2.05) is 60.7 Å². The van der Waals surface area contributed by atoms with Crippen LogP contribution in [0.25, 0.3) is 0 Å². The maximum Gasteiger partial charge on any atom is 0.238 e. The Labute approximate surface area is 208 Å². The van der Waals surface area contributed by atoms with Crippen molar-refractivity contribution in [1.29, 1.82) is 0 Å². The van der Waals surface area contributed by atoms with Gasteiger partial charge in [0, 0.05) is 17.4 Å². The summed E-state index contributed by atoms with van der Waals surface area (Å²) < 4.78 is 0. The quantitative estimate of drug-likeness (QED) is 0.269. The number of benzene rings is 5. The van der Waals surface area contributed by atoms with Crippen molar-refractivity contribution in [2.45, 2.75) is 13.8 Å². The van der Waals surface area contributed by atoms with E-state index in [-0.39, 0.29) is 0 Å². The zero-order valence-electron chi connectivity index (χ0n) is 20.0. The van der Waals surface area contributed by atoms with E-state index in [0.29, 0.717) is 0 Å². The van der Waals surface area contributed by atoms with E-state index in [2.05, 4.69) is 91.5 Å². The SMILES string of the molecule is Cc1ccc(N(c2ccc(C)cc2)c2cccc([P+](O)(c3ccccc3)c3ccccc3)c2)cc1. The first-order valence-corrected chi connectivity index (χ1v) is 13.6. The Balaban J connectivity index is 1.69. The van der Waals surface area contributed by atoms with Gasteiger partial charge < -0.3 is 4.90 Å². The standard InChI is InChI=1S/C32H29NOP/c1-25-16-20-27(21-17-25)33(28-22-18-26(2)19-23-28)29-10-9-15-32(24-29)35(34,30-11-5-3-6-12-30)31-13-7-4-8-14-31/h3-24,34H,1-2H3/q+1. The van der Waals surface area contributed by atoms with Gasteiger partial charge in [-0.05, 0) is 74.5 Å². The first-order chi connectivity index (χ1) is 17.1. The molecule has 0 spiro atoms. The second-order valence-corrected chi connectivity index (χ2v) is 11.7. The van der Waals surface area contributed by atoms with Crippen LogP contribution in [0.5, 0.6) is 0 Å². The van der Waals surface area contributed by atoms with Gasteiger partial charge in [-0.3, -0.25) is 0 Å². The fourth-order valence-electron chi connectivity index (χ4n) is 4.40. The predicted octanol–water partition coefficient (Wildman–Crippen LogP) is 6.97. The van der Waals surface area contributed by atoms with Crippen LogP contribution < -0.4 is 20.8 Å². The van der Waals surface area contributed by atoms with Gasteiger partial charge in [0.15, 0.2) is 0 Å². The molecule has 0 bridgehead atoms. The highest BCUT2D eigenvalue weighted by atomic mass is 31.2. The Morgan fingerprint density at radius 1 is 0.457 bits per heavy atom. The molecule has 0 saturated carbocycles. The van der Waals surface area contributed by atoms with Crippen LogP contribution in [0.15, 0.2) is 133 Å². The Morgan fingerprint density at radius 3 is 1.34 bits per heavy atom. The van der Waals surface area contributed by atoms with Crippen molar-refractivity contribution >= 4 is 40.5 Å². The highest BCUT2D eigenvalue weighted by molar-refractivity contribution is 7.91. The summed E-state index contributed by atoms with van der Waals surface area (Å²) in [6.07, 6.45) is 0. The molecular formula is C32H29NOP+. The smallest absolute Gasteiger partial charge is 0.238 e. The van der Waals surface area contributed by atoms with Gasteiger partial charge in [0.25, 0.3) is 0 Å². The third kappa shape index (κ3) is 4.64. The molecule has 0 amide bonds. The van der Waals surface area contributed by atoms with E-state index in [1.54, 1.807) is 0 Å². The molecule has 0 aliphatic carbocycles. The van der Waals surface area contributed by atoms with Crippen LogP contribution in [0.2, 0.25) is 0 Å². The third-order valence-corrected chi connectivity index (χ3v) is 9.42. The van der Waals surface area contributed by atoms with Gasteiger partial charge in [-0.15, -0.1) is 0 Å². The van der Waals surface area contributed by atoms with Gasteiger partial charge in [0.2, 0.25) is 7.49 Å². The molecule has 5 rings (SSSR count). The van der Waals surface area contributed by atoms with Crippen molar-refractivity contribution in [2.24, 2.45) is 0 Å². The van der Waals surface area contributed by atoms with Crippen LogP contribution in [-0.2, 0) is 0 Å². The normalized spacial score (nSPS) is 11.3. The average Bonchev–Trinajstić information content (AvgIpc) is 2.92. The molecule has 5 aromatic carbocycles. The molecule has 0 aromatic heterocycles. The number of hydrogen-bond acceptors (Lipinski definition) is 2. The number of anilines is 3. The van der Waals surface area contributed by atoms with Crippen molar-refractivity contribution in [3.63, 3.8) is 0 Å². The van der Waals surface area contributed by atoms with Crippen LogP contribution in [0.4, 0.5) is 17.1 Å². The number of hydrogen-bond donors (Lipinski definition) is 1. The van der Waals surface area contributed by atoms with E-state index in [9.17, 15) is 4.89 Å². The second-order valence-electron chi connectivity index (χ2n) is 8.83. The molecule has 0 atom stereocenters. The summed E-state index contributed by atoms with van der Waals surface area (Å²) in [4.78, 5) is 14.7. The maximum absolute atomic E-state index is 12.4. The highest BCUT2D eigenvalue weighted by Gasteiger charge is 2.44. The van der Waals surface area contributed by atoms with Crippen LogP contribution in [0.3, 0.4) is 0 Å². The molecule has 0 heterocycles. The summed E-state index contributed by atoms with van der Waals surface area (Å²) in [5.74, 6) is 0. The minimum atomic E-state index is -2.82. The van der Waals surface area contributed by atoms with E-state index in [1.165, 1.54) is 11.1 Å². The number of nitrogens with zero attached hydrogens (tertiary/aromatic N) is 1. The molecule has 0 aliphatic heterocycles. The number of aryl methyl sites for hydroxylation is 2. The fraction of sp³-hybridized carbons (Fsp3) is 0.0625. The second kappa shape index (κ2) is 9.88. The van der Waals surface area contributed by atoms with Crippen molar-refractivity contribution in [3.05, 3.63) is 145 Å². The number of rotatable bonds is 6. The van der Waals surface area contributed by atoms with Crippen molar-refractivity contribution in [1.82, 2.24) is 0 Å². The summed E-state index contributed by atoms with van der Waals surface area (Å²) in [5.41, 5.74) is 5.62. The Morgan fingerprint density at radius 2 is 0.886 bits per heavy atom. The van der Waals surface area contributed by atoms with Gasteiger partial charge in [0.1, 0.15) is 15.9 Å². The van der Waals surface area contributed by atoms with Crippen LogP contribution in [0, 0.1) is 13.8 Å². The van der Waals surface area contributed by atoms with Gasteiger partial charge in [-0.1, -0.05) is 77.9 Å². The lowest BCUT2D eigenvalue weighted by Gasteiger charge is -2.27. The lowest BCUT2D eigenvalue weighted by atomic mass is 10.1. The van der Waals surface area contributed by atoms with Gasteiger partial charge in [-0.2, -0.15) is 0 Å². The Hall–Kier alpha value is -3.71. The van der Waals surface area contributed by atoms with Gasteiger partial charge in [-0.25, -0.2) is 4.89 Å². The molecule has 0 fully saturated rings. The Bertz CT molecular complexity index is 1310. The first-order valence-electron chi connectivity index (χ1n) is 11.8. The third-order valence-electron chi connectivity index (χ3n) is 6.31. The predicted molar refractivity (Wildman–Crippen MR) is 152 cm³/mol. The minimum Gasteiger partial charge on any atom is -0.310 e. The molecule has 3 heteroatoms. The zero-order chi connectivity index (χ0) is 24.3. The molecule has 0 aliphatic rings. The summed E-state index contributed by atoms with van der Waals surface area (Å²) in [6, 6.07) is 45.6. The van der Waals surface area contributed by atoms with Crippen LogP contribution >= 0.6 is 7.49 Å². The molecule has 5 aromatic rings. The van der Waals surface area contributed by atoms with E-state index >= 15 is 0 Å². The fourth-order valence-corrected chi connectivity index (χ4v) is 7.13. The molecule has 0 radical (unpaired) electrons. The molecule has 0 unspecified atom stereocenters. The Kier molecular flexibility index (Phi) is 6.51. The maximum atomic E-state index is 12.4. The average molecular weight is 475 g/mol. The molecular weight excluding hydrogens is 445 g/mol. The van der Waals surface area contributed by atoms with Crippen LogP contribution in [0.1, 0.15) is 11.1 Å². The van der Waals surface area contributed by atoms with Crippen molar-refractivity contribution < 1.29 is 4.89 Å².